The third kappa shape index (κ3) is 4.69. The molecule has 0 aliphatic heterocycles. The molecule has 3 heteroatoms. The molecule has 3 unspecified atom stereocenters. The Balaban J connectivity index is 2.12. The average Bonchev–Trinajstić information content (AvgIpc) is 2.43. The molecule has 1 aromatic rings. The monoisotopic (exact) mass is 311 g/mol. The molecule has 1 aliphatic rings. The van der Waals surface area contributed by atoms with Crippen LogP contribution in [0.15, 0.2) is 18.2 Å². The molecule has 0 amide bonds. The van der Waals surface area contributed by atoms with Gasteiger partial charge in [-0.2, -0.15) is 0 Å². The van der Waals surface area contributed by atoms with Gasteiger partial charge in [0.15, 0.2) is 0 Å². The van der Waals surface area contributed by atoms with Gasteiger partial charge in [0.1, 0.15) is 5.82 Å². The lowest BCUT2D eigenvalue weighted by Gasteiger charge is -2.36. The van der Waals surface area contributed by atoms with E-state index in [0.717, 1.165) is 25.1 Å². The van der Waals surface area contributed by atoms with Crippen molar-refractivity contribution in [1.29, 1.82) is 0 Å². The molecule has 118 valence electrons. The number of hydrogen-bond acceptors (Lipinski definition) is 1. The summed E-state index contributed by atoms with van der Waals surface area (Å²) in [6.07, 6.45) is 3.57. The summed E-state index contributed by atoms with van der Waals surface area (Å²) in [5, 5.41) is 4.28. The summed E-state index contributed by atoms with van der Waals surface area (Å²) >= 11 is 6.34. The molecule has 21 heavy (non-hydrogen) atoms. The van der Waals surface area contributed by atoms with Crippen LogP contribution in [0.5, 0.6) is 0 Å². The van der Waals surface area contributed by atoms with E-state index < -0.39 is 0 Å². The highest BCUT2D eigenvalue weighted by atomic mass is 35.5. The summed E-state index contributed by atoms with van der Waals surface area (Å²) in [4.78, 5) is 0. The number of halogens is 2. The lowest BCUT2D eigenvalue weighted by atomic mass is 9.71. The van der Waals surface area contributed by atoms with Crippen molar-refractivity contribution in [3.63, 3.8) is 0 Å². The van der Waals surface area contributed by atoms with Gasteiger partial charge >= 0.3 is 0 Å². The van der Waals surface area contributed by atoms with E-state index in [-0.39, 0.29) is 5.82 Å². The molecule has 1 N–H and O–H groups in total. The number of nitrogens with one attached hydrogen (secondary N) is 1. The fourth-order valence-electron chi connectivity index (χ4n) is 3.42. The van der Waals surface area contributed by atoms with E-state index in [2.05, 4.69) is 26.1 Å². The summed E-state index contributed by atoms with van der Waals surface area (Å²) in [7, 11) is 0. The fraction of sp³-hybridized carbons (Fsp3) is 0.667. The largest absolute Gasteiger partial charge is 0.316 e. The van der Waals surface area contributed by atoms with Crippen LogP contribution >= 0.6 is 11.6 Å². The zero-order valence-corrected chi connectivity index (χ0v) is 14.1. The van der Waals surface area contributed by atoms with Crippen molar-refractivity contribution in [2.75, 3.05) is 13.1 Å². The number of benzene rings is 1. The minimum atomic E-state index is -0.179. The SMILES string of the molecule is CC(C)CNCC1CCC(C)CC1c1cc(F)ccc1Cl. The standard InChI is InChI=1S/C18H27ClFN/c1-12(2)10-21-11-14-5-4-13(3)8-16(14)17-9-15(20)6-7-18(17)19/h6-7,9,12-14,16,21H,4-5,8,10-11H2,1-3H3. The van der Waals surface area contributed by atoms with Crippen molar-refractivity contribution in [2.24, 2.45) is 17.8 Å². The Morgan fingerprint density at radius 2 is 2.10 bits per heavy atom. The first-order chi connectivity index (χ1) is 9.97. The first-order valence-electron chi connectivity index (χ1n) is 8.13. The van der Waals surface area contributed by atoms with Crippen molar-refractivity contribution >= 4 is 11.6 Å². The van der Waals surface area contributed by atoms with Gasteiger partial charge in [-0.05, 0) is 73.4 Å². The maximum Gasteiger partial charge on any atom is 0.123 e. The highest BCUT2D eigenvalue weighted by Crippen LogP contribution is 2.42. The van der Waals surface area contributed by atoms with Crippen LogP contribution in [0, 0.1) is 23.6 Å². The predicted octanol–water partition coefficient (Wildman–Crippen LogP) is 5.24. The van der Waals surface area contributed by atoms with Crippen LogP contribution in [-0.4, -0.2) is 13.1 Å². The van der Waals surface area contributed by atoms with E-state index in [1.165, 1.54) is 18.9 Å². The van der Waals surface area contributed by atoms with E-state index in [4.69, 9.17) is 11.6 Å². The zero-order valence-electron chi connectivity index (χ0n) is 13.3. The van der Waals surface area contributed by atoms with Gasteiger partial charge in [-0.25, -0.2) is 4.39 Å². The Hall–Kier alpha value is -0.600. The van der Waals surface area contributed by atoms with E-state index >= 15 is 0 Å². The molecular weight excluding hydrogens is 285 g/mol. The van der Waals surface area contributed by atoms with Crippen LogP contribution < -0.4 is 5.32 Å². The molecule has 3 atom stereocenters. The third-order valence-corrected chi connectivity index (χ3v) is 4.92. The minimum Gasteiger partial charge on any atom is -0.316 e. The summed E-state index contributed by atoms with van der Waals surface area (Å²) < 4.78 is 13.6. The van der Waals surface area contributed by atoms with Crippen LogP contribution in [0.25, 0.3) is 0 Å². The van der Waals surface area contributed by atoms with Crippen LogP contribution in [0.1, 0.15) is 51.5 Å². The number of hydrogen-bond donors (Lipinski definition) is 1. The molecule has 0 heterocycles. The second kappa shape index (κ2) is 7.60. The summed E-state index contributed by atoms with van der Waals surface area (Å²) in [6, 6.07) is 4.79. The van der Waals surface area contributed by atoms with E-state index in [1.54, 1.807) is 12.1 Å². The highest BCUT2D eigenvalue weighted by molar-refractivity contribution is 6.31. The lowest BCUT2D eigenvalue weighted by molar-refractivity contribution is 0.239. The molecule has 0 aromatic heterocycles. The summed E-state index contributed by atoms with van der Waals surface area (Å²) in [5.74, 6) is 2.09. The predicted molar refractivity (Wildman–Crippen MR) is 88.4 cm³/mol. The first-order valence-corrected chi connectivity index (χ1v) is 8.50. The lowest BCUT2D eigenvalue weighted by Crippen LogP contribution is -2.33. The molecular formula is C18H27ClFN. The molecule has 1 fully saturated rings. The summed E-state index contributed by atoms with van der Waals surface area (Å²) in [5.41, 5.74) is 1.000. The van der Waals surface area contributed by atoms with Crippen molar-refractivity contribution in [3.8, 4) is 0 Å². The molecule has 0 radical (unpaired) electrons. The Kier molecular flexibility index (Phi) is 6.07. The van der Waals surface area contributed by atoms with Crippen molar-refractivity contribution in [1.82, 2.24) is 5.32 Å². The second-order valence-electron chi connectivity index (χ2n) is 7.00. The Morgan fingerprint density at radius 1 is 1.33 bits per heavy atom. The minimum absolute atomic E-state index is 0.179. The van der Waals surface area contributed by atoms with Crippen LogP contribution in [-0.2, 0) is 0 Å². The van der Waals surface area contributed by atoms with Gasteiger partial charge in [-0.3, -0.25) is 0 Å². The van der Waals surface area contributed by atoms with Crippen molar-refractivity contribution in [2.45, 2.75) is 46.0 Å². The topological polar surface area (TPSA) is 12.0 Å². The zero-order chi connectivity index (χ0) is 15.4. The quantitative estimate of drug-likeness (QED) is 0.783. The fourth-order valence-corrected chi connectivity index (χ4v) is 3.68. The van der Waals surface area contributed by atoms with Gasteiger partial charge in [0.2, 0.25) is 0 Å². The van der Waals surface area contributed by atoms with Crippen LogP contribution in [0.4, 0.5) is 4.39 Å². The van der Waals surface area contributed by atoms with Gasteiger partial charge < -0.3 is 5.32 Å². The van der Waals surface area contributed by atoms with Crippen LogP contribution in [0.2, 0.25) is 5.02 Å². The van der Waals surface area contributed by atoms with Gasteiger partial charge in [0.25, 0.3) is 0 Å². The van der Waals surface area contributed by atoms with Crippen molar-refractivity contribution < 1.29 is 4.39 Å². The Labute approximate surface area is 133 Å². The molecule has 1 aromatic carbocycles. The maximum atomic E-state index is 13.6. The van der Waals surface area contributed by atoms with E-state index in [1.807, 2.05) is 0 Å². The first kappa shape index (κ1) is 16.8. The van der Waals surface area contributed by atoms with E-state index in [0.29, 0.717) is 28.7 Å². The van der Waals surface area contributed by atoms with Gasteiger partial charge in [-0.15, -0.1) is 0 Å². The average molecular weight is 312 g/mol. The molecule has 0 spiro atoms. The normalized spacial score (nSPS) is 26.3. The Morgan fingerprint density at radius 3 is 2.81 bits per heavy atom. The second-order valence-corrected chi connectivity index (χ2v) is 7.41. The Bertz CT molecular complexity index is 461. The van der Waals surface area contributed by atoms with Crippen LogP contribution in [0.3, 0.4) is 0 Å². The molecule has 0 bridgehead atoms. The summed E-state index contributed by atoms with van der Waals surface area (Å²) in [6.45, 7) is 8.77. The highest BCUT2D eigenvalue weighted by Gasteiger charge is 2.31. The third-order valence-electron chi connectivity index (χ3n) is 4.57. The maximum absolute atomic E-state index is 13.6. The molecule has 1 aliphatic carbocycles. The molecule has 1 nitrogen and oxygen atoms in total. The van der Waals surface area contributed by atoms with Gasteiger partial charge in [-0.1, -0.05) is 38.8 Å². The van der Waals surface area contributed by atoms with Crippen molar-refractivity contribution in [3.05, 3.63) is 34.6 Å². The van der Waals surface area contributed by atoms with Gasteiger partial charge in [0.05, 0.1) is 0 Å². The van der Waals surface area contributed by atoms with Gasteiger partial charge in [0, 0.05) is 5.02 Å². The molecule has 0 saturated heterocycles. The number of rotatable bonds is 5. The van der Waals surface area contributed by atoms with E-state index in [9.17, 15) is 4.39 Å². The molecule has 1 saturated carbocycles. The molecule has 2 rings (SSSR count). The smallest absolute Gasteiger partial charge is 0.123 e.